The predicted octanol–water partition coefficient (Wildman–Crippen LogP) is 2.25. The van der Waals surface area contributed by atoms with Gasteiger partial charge in [-0.15, -0.1) is 0 Å². The number of aliphatic carboxylic acids is 1. The molecule has 3 rings (SSSR count). The van der Waals surface area contributed by atoms with Crippen LogP contribution in [0, 0.1) is 0 Å². The number of sulfonamides is 1. The molecular formula is C21H30F3N3O5S. The van der Waals surface area contributed by atoms with E-state index in [9.17, 15) is 26.4 Å². The molecule has 186 valence electrons. The zero-order chi connectivity index (χ0) is 24.6. The van der Waals surface area contributed by atoms with Crippen molar-refractivity contribution in [3.63, 3.8) is 0 Å². The maximum Gasteiger partial charge on any atom is 0.490 e. The molecule has 1 aromatic rings. The average Bonchev–Trinajstić information content (AvgIpc) is 3.32. The van der Waals surface area contributed by atoms with E-state index in [1.165, 1.54) is 4.31 Å². The largest absolute Gasteiger partial charge is 0.490 e. The lowest BCUT2D eigenvalue weighted by Crippen LogP contribution is -2.51. The molecule has 0 aromatic heterocycles. The van der Waals surface area contributed by atoms with Crippen LogP contribution in [-0.2, 0) is 26.0 Å². The number of rotatable bonds is 6. The fraction of sp³-hybridized carbons (Fsp3) is 0.619. The Kier molecular flexibility index (Phi) is 9.68. The minimum atomic E-state index is -5.08. The number of amides is 1. The first-order valence-corrected chi connectivity index (χ1v) is 12.3. The van der Waals surface area contributed by atoms with Crippen LogP contribution in [0.3, 0.4) is 0 Å². The van der Waals surface area contributed by atoms with Crippen LogP contribution in [0.15, 0.2) is 29.2 Å². The summed E-state index contributed by atoms with van der Waals surface area (Å²) in [6.07, 6.45) is -0.503. The molecule has 33 heavy (non-hydrogen) atoms. The van der Waals surface area contributed by atoms with Gasteiger partial charge in [0.2, 0.25) is 15.9 Å². The van der Waals surface area contributed by atoms with E-state index in [0.29, 0.717) is 13.1 Å². The van der Waals surface area contributed by atoms with E-state index in [2.05, 4.69) is 5.32 Å². The molecule has 0 unspecified atom stereocenters. The lowest BCUT2D eigenvalue weighted by Gasteiger charge is -2.32. The number of halogens is 3. The summed E-state index contributed by atoms with van der Waals surface area (Å²) in [7, 11) is -3.67. The minimum Gasteiger partial charge on any atom is -0.475 e. The van der Waals surface area contributed by atoms with Crippen molar-refractivity contribution in [1.29, 1.82) is 0 Å². The Bertz CT molecular complexity index is 895. The van der Waals surface area contributed by atoms with Crippen molar-refractivity contribution in [2.75, 3.05) is 32.7 Å². The second kappa shape index (κ2) is 11.8. The number of nitrogens with zero attached hydrogens (tertiary/aromatic N) is 2. The number of nitrogens with one attached hydrogen (secondary N) is 1. The standard InChI is InChI=1S/C19H29N3O3S.C2HF3O2/c1-2-16-7-9-18(10-8-16)26(24,25)22(17-5-3-4-6-17)15-19(23)21-13-11-20-12-14-21;3-2(4,5)1(6)7/h7-10,17,20H,2-6,11-15H2,1H3;(H,6,7). The van der Waals surface area contributed by atoms with Crippen LogP contribution in [0.4, 0.5) is 13.2 Å². The molecule has 1 aliphatic carbocycles. The van der Waals surface area contributed by atoms with Gasteiger partial charge in [0, 0.05) is 32.2 Å². The summed E-state index contributed by atoms with van der Waals surface area (Å²) >= 11 is 0. The number of carboxylic acids is 1. The van der Waals surface area contributed by atoms with Crippen LogP contribution in [0.25, 0.3) is 0 Å². The Morgan fingerprint density at radius 3 is 2.09 bits per heavy atom. The van der Waals surface area contributed by atoms with Crippen LogP contribution in [0.5, 0.6) is 0 Å². The summed E-state index contributed by atoms with van der Waals surface area (Å²) in [5, 5.41) is 10.3. The summed E-state index contributed by atoms with van der Waals surface area (Å²) in [6.45, 7) is 4.80. The first-order valence-electron chi connectivity index (χ1n) is 10.9. The highest BCUT2D eigenvalue weighted by atomic mass is 32.2. The molecule has 1 aromatic carbocycles. The van der Waals surface area contributed by atoms with E-state index in [0.717, 1.165) is 50.8 Å². The van der Waals surface area contributed by atoms with Crippen LogP contribution >= 0.6 is 0 Å². The van der Waals surface area contributed by atoms with Gasteiger partial charge < -0.3 is 15.3 Å². The first-order chi connectivity index (χ1) is 15.5. The molecule has 1 saturated carbocycles. The van der Waals surface area contributed by atoms with Crippen molar-refractivity contribution in [2.45, 2.75) is 56.1 Å². The third kappa shape index (κ3) is 7.68. The first kappa shape index (κ1) is 27.1. The number of alkyl halides is 3. The van der Waals surface area contributed by atoms with Gasteiger partial charge in [0.1, 0.15) is 0 Å². The van der Waals surface area contributed by atoms with Gasteiger partial charge in [0.25, 0.3) is 0 Å². The topological polar surface area (TPSA) is 107 Å². The molecule has 0 atom stereocenters. The molecule has 0 spiro atoms. The number of carbonyl (C=O) groups excluding carboxylic acids is 1. The summed E-state index contributed by atoms with van der Waals surface area (Å²) in [6, 6.07) is 6.99. The highest BCUT2D eigenvalue weighted by Crippen LogP contribution is 2.29. The Morgan fingerprint density at radius 2 is 1.64 bits per heavy atom. The van der Waals surface area contributed by atoms with Crippen LogP contribution < -0.4 is 5.32 Å². The van der Waals surface area contributed by atoms with Gasteiger partial charge in [0.05, 0.1) is 11.4 Å². The molecule has 0 radical (unpaired) electrons. The van der Waals surface area contributed by atoms with E-state index >= 15 is 0 Å². The molecular weight excluding hydrogens is 463 g/mol. The number of hydrogen-bond donors (Lipinski definition) is 2. The van der Waals surface area contributed by atoms with E-state index in [1.54, 1.807) is 17.0 Å². The quantitative estimate of drug-likeness (QED) is 0.630. The predicted molar refractivity (Wildman–Crippen MR) is 115 cm³/mol. The molecule has 1 aliphatic heterocycles. The van der Waals surface area contributed by atoms with Crippen LogP contribution in [0.2, 0.25) is 0 Å². The van der Waals surface area contributed by atoms with Crippen LogP contribution in [-0.4, -0.2) is 79.5 Å². The highest BCUT2D eigenvalue weighted by molar-refractivity contribution is 7.89. The molecule has 1 heterocycles. The van der Waals surface area contributed by atoms with Crippen LogP contribution in [0.1, 0.15) is 38.2 Å². The molecule has 1 saturated heterocycles. The number of aryl methyl sites for hydroxylation is 1. The summed E-state index contributed by atoms with van der Waals surface area (Å²) in [5.74, 6) is -2.85. The second-order valence-corrected chi connectivity index (χ2v) is 9.81. The normalized spacial score (nSPS) is 17.5. The van der Waals surface area contributed by atoms with Gasteiger partial charge >= 0.3 is 12.1 Å². The van der Waals surface area contributed by atoms with Crippen molar-refractivity contribution in [3.8, 4) is 0 Å². The lowest BCUT2D eigenvalue weighted by molar-refractivity contribution is -0.192. The van der Waals surface area contributed by atoms with E-state index in [-0.39, 0.29) is 23.4 Å². The van der Waals surface area contributed by atoms with Gasteiger partial charge in [-0.25, -0.2) is 13.2 Å². The fourth-order valence-electron chi connectivity index (χ4n) is 3.78. The van der Waals surface area contributed by atoms with Crippen molar-refractivity contribution >= 4 is 21.9 Å². The van der Waals surface area contributed by atoms with Crippen molar-refractivity contribution in [3.05, 3.63) is 29.8 Å². The third-order valence-electron chi connectivity index (χ3n) is 5.67. The van der Waals surface area contributed by atoms with Crippen molar-refractivity contribution in [1.82, 2.24) is 14.5 Å². The minimum absolute atomic E-state index is 0.0530. The molecule has 1 amide bonds. The second-order valence-electron chi connectivity index (χ2n) is 7.92. The number of hydrogen-bond acceptors (Lipinski definition) is 5. The Morgan fingerprint density at radius 1 is 1.12 bits per heavy atom. The Balaban J connectivity index is 0.000000479. The van der Waals surface area contributed by atoms with Gasteiger partial charge in [-0.05, 0) is 37.0 Å². The number of piperazine rings is 1. The highest BCUT2D eigenvalue weighted by Gasteiger charge is 2.38. The Hall–Kier alpha value is -2.18. The molecule has 0 bridgehead atoms. The molecule has 2 aliphatic rings. The van der Waals surface area contributed by atoms with Gasteiger partial charge in [-0.3, -0.25) is 4.79 Å². The number of carbonyl (C=O) groups is 2. The van der Waals surface area contributed by atoms with Crippen molar-refractivity contribution < 1.29 is 36.3 Å². The number of carboxylic acid groups (broad SMARTS) is 1. The third-order valence-corrected chi connectivity index (χ3v) is 7.59. The fourth-order valence-corrected chi connectivity index (χ4v) is 5.42. The van der Waals surface area contributed by atoms with Gasteiger partial charge in [-0.1, -0.05) is 31.9 Å². The molecule has 12 heteroatoms. The molecule has 2 N–H and O–H groups in total. The number of benzene rings is 1. The SMILES string of the molecule is CCc1ccc(S(=O)(=O)N(CC(=O)N2CCNCC2)C2CCCC2)cc1.O=C(O)C(F)(F)F. The van der Waals surface area contributed by atoms with Gasteiger partial charge in [-0.2, -0.15) is 17.5 Å². The zero-order valence-electron chi connectivity index (χ0n) is 18.5. The zero-order valence-corrected chi connectivity index (χ0v) is 19.3. The monoisotopic (exact) mass is 493 g/mol. The molecule has 8 nitrogen and oxygen atoms in total. The van der Waals surface area contributed by atoms with Crippen molar-refractivity contribution in [2.24, 2.45) is 0 Å². The van der Waals surface area contributed by atoms with E-state index < -0.39 is 22.2 Å². The Labute approximate surface area is 191 Å². The molecule has 2 fully saturated rings. The average molecular weight is 494 g/mol. The smallest absolute Gasteiger partial charge is 0.475 e. The van der Waals surface area contributed by atoms with Gasteiger partial charge in [0.15, 0.2) is 0 Å². The summed E-state index contributed by atoms with van der Waals surface area (Å²) < 4.78 is 59.8. The maximum absolute atomic E-state index is 13.3. The lowest BCUT2D eigenvalue weighted by atomic mass is 10.2. The summed E-state index contributed by atoms with van der Waals surface area (Å²) in [5.41, 5.74) is 1.10. The van der Waals surface area contributed by atoms with E-state index in [4.69, 9.17) is 9.90 Å². The maximum atomic E-state index is 13.3. The van der Waals surface area contributed by atoms with E-state index in [1.807, 2.05) is 19.1 Å². The summed E-state index contributed by atoms with van der Waals surface area (Å²) in [4.78, 5) is 23.7.